The lowest BCUT2D eigenvalue weighted by atomic mass is 9.30. The standard InChI is InChI=1S/C5H9N2.C4BN4/c1-6-4-3-5-7(6)2;6-1-5(2-7,3-8)4-9/h3-5H,1-2H3;/q+1;-1. The Morgan fingerprint density at radius 1 is 1.06 bits per heavy atom. The SMILES string of the molecule is Cn1ccc[n+]1C.N#C[B-](C#N)(C#N)C#N. The molecule has 0 N–H and O–H groups in total. The molecule has 0 atom stereocenters. The molecule has 78 valence electrons. The van der Waals surface area contributed by atoms with Crippen molar-refractivity contribution in [2.75, 3.05) is 0 Å². The Labute approximate surface area is 93.7 Å². The van der Waals surface area contributed by atoms with Gasteiger partial charge in [0.1, 0.15) is 0 Å². The van der Waals surface area contributed by atoms with E-state index in [0.717, 1.165) is 0 Å². The van der Waals surface area contributed by atoms with Crippen LogP contribution in [0.25, 0.3) is 0 Å². The van der Waals surface area contributed by atoms with E-state index in [-0.39, 0.29) is 0 Å². The zero-order valence-corrected chi connectivity index (χ0v) is 8.99. The maximum absolute atomic E-state index is 8.09. The first-order valence-electron chi connectivity index (χ1n) is 4.33. The molecule has 6 nitrogen and oxygen atoms in total. The van der Waals surface area contributed by atoms with E-state index in [2.05, 4.69) is 0 Å². The summed E-state index contributed by atoms with van der Waals surface area (Å²) < 4.78 is 4.00. The monoisotopic (exact) mass is 212 g/mol. The van der Waals surface area contributed by atoms with Crippen molar-refractivity contribution in [3.05, 3.63) is 18.5 Å². The van der Waals surface area contributed by atoms with Gasteiger partial charge in [-0.2, -0.15) is 4.68 Å². The molecule has 0 unspecified atom stereocenters. The Morgan fingerprint density at radius 2 is 1.50 bits per heavy atom. The van der Waals surface area contributed by atoms with E-state index in [1.54, 1.807) is 0 Å². The molecule has 0 aliphatic carbocycles. The second-order valence-electron chi connectivity index (χ2n) is 3.02. The molecule has 0 saturated heterocycles. The molecule has 1 aromatic rings. The molecule has 0 fully saturated rings. The molecule has 0 radical (unpaired) electrons. The highest BCUT2D eigenvalue weighted by atomic mass is 15.4. The molecule has 16 heavy (non-hydrogen) atoms. The van der Waals surface area contributed by atoms with Crippen molar-refractivity contribution < 1.29 is 4.68 Å². The van der Waals surface area contributed by atoms with Gasteiger partial charge in [-0.25, -0.2) is 21.0 Å². The number of hydrogen-bond donors (Lipinski definition) is 0. The summed E-state index contributed by atoms with van der Waals surface area (Å²) in [5.74, 6) is 5.38. The molecule has 0 aliphatic rings. The van der Waals surface area contributed by atoms with Crippen LogP contribution in [-0.2, 0) is 14.1 Å². The van der Waals surface area contributed by atoms with Crippen LogP contribution in [0, 0.1) is 44.9 Å². The Morgan fingerprint density at radius 3 is 1.56 bits per heavy atom. The molecule has 0 saturated carbocycles. The number of aromatic nitrogens is 2. The minimum atomic E-state index is -2.72. The van der Waals surface area contributed by atoms with Gasteiger partial charge in [-0.05, 0) is 0 Å². The molecule has 1 rings (SSSR count). The van der Waals surface area contributed by atoms with Gasteiger partial charge in [-0.1, -0.05) is 0 Å². The maximum atomic E-state index is 8.09. The number of hydrogen-bond acceptors (Lipinski definition) is 4. The van der Waals surface area contributed by atoms with Crippen LogP contribution in [0.1, 0.15) is 0 Å². The fourth-order valence-corrected chi connectivity index (χ4v) is 0.671. The van der Waals surface area contributed by atoms with Gasteiger partial charge in [0, 0.05) is 6.07 Å². The van der Waals surface area contributed by atoms with Gasteiger partial charge in [0.25, 0.3) is 0 Å². The highest BCUT2D eigenvalue weighted by Gasteiger charge is 2.22. The summed E-state index contributed by atoms with van der Waals surface area (Å²) in [6.45, 7) is 0. The van der Waals surface area contributed by atoms with Gasteiger partial charge in [-0.15, -0.1) is 28.6 Å². The van der Waals surface area contributed by atoms with Crippen LogP contribution in [-0.4, -0.2) is 10.8 Å². The van der Waals surface area contributed by atoms with Gasteiger partial charge in [0.05, 0.1) is 13.2 Å². The first-order chi connectivity index (χ1) is 7.55. The Hall–Kier alpha value is -2.77. The number of nitrogens with zero attached hydrogens (tertiary/aromatic N) is 6. The van der Waals surface area contributed by atoms with Crippen molar-refractivity contribution in [3.63, 3.8) is 0 Å². The van der Waals surface area contributed by atoms with Crippen LogP contribution in [0.4, 0.5) is 0 Å². The van der Waals surface area contributed by atoms with Gasteiger partial charge in [0.2, 0.25) is 0 Å². The zero-order chi connectivity index (χ0) is 12.6. The summed E-state index contributed by atoms with van der Waals surface area (Å²) in [5.41, 5.74) is 0. The molecule has 0 spiro atoms. The average Bonchev–Trinajstić information content (AvgIpc) is 2.68. The third-order valence-electron chi connectivity index (χ3n) is 1.88. The van der Waals surface area contributed by atoms with Crippen molar-refractivity contribution >= 4 is 6.15 Å². The second-order valence-corrected chi connectivity index (χ2v) is 3.02. The predicted molar refractivity (Wildman–Crippen MR) is 54.8 cm³/mol. The third-order valence-corrected chi connectivity index (χ3v) is 1.88. The Balaban J connectivity index is 0.000000288. The molecular weight excluding hydrogens is 203 g/mol. The van der Waals surface area contributed by atoms with Crippen LogP contribution in [0.2, 0.25) is 0 Å². The van der Waals surface area contributed by atoms with Crippen molar-refractivity contribution in [3.8, 4) is 23.9 Å². The predicted octanol–water partition coefficient (Wildman–Crippen LogP) is -0.464. The van der Waals surface area contributed by atoms with Crippen LogP contribution >= 0.6 is 0 Å². The minimum Gasteiger partial charge on any atom is -0.245 e. The average molecular weight is 212 g/mol. The molecule has 1 heterocycles. The van der Waals surface area contributed by atoms with Crippen molar-refractivity contribution in [1.82, 2.24) is 4.68 Å². The van der Waals surface area contributed by atoms with Crippen LogP contribution < -0.4 is 4.68 Å². The van der Waals surface area contributed by atoms with Crippen LogP contribution in [0.3, 0.4) is 0 Å². The molecule has 0 bridgehead atoms. The highest BCUT2D eigenvalue weighted by Crippen LogP contribution is 1.92. The minimum absolute atomic E-state index is 1.34. The van der Waals surface area contributed by atoms with E-state index >= 15 is 0 Å². The largest absolute Gasteiger partial charge is 0.383 e. The maximum Gasteiger partial charge on any atom is 0.383 e. The van der Waals surface area contributed by atoms with E-state index in [4.69, 9.17) is 21.0 Å². The molecule has 0 aliphatic heterocycles. The summed E-state index contributed by atoms with van der Waals surface area (Å²) in [6, 6.07) is 2.00. The molecule has 7 heteroatoms. The van der Waals surface area contributed by atoms with Gasteiger partial charge >= 0.3 is 6.15 Å². The summed E-state index contributed by atoms with van der Waals surface area (Å²) in [5, 5.41) is 32.3. The molecular formula is C9H9BN6. The summed E-state index contributed by atoms with van der Waals surface area (Å²) in [7, 11) is 4.00. The van der Waals surface area contributed by atoms with E-state index in [1.807, 2.05) is 41.9 Å². The molecule has 0 aromatic carbocycles. The van der Waals surface area contributed by atoms with E-state index < -0.39 is 6.15 Å². The number of nitriles is 4. The quantitative estimate of drug-likeness (QED) is 0.428. The van der Waals surface area contributed by atoms with Gasteiger partial charge < -0.3 is 0 Å². The van der Waals surface area contributed by atoms with E-state index in [0.29, 0.717) is 0 Å². The van der Waals surface area contributed by atoms with Crippen LogP contribution in [0.15, 0.2) is 18.5 Å². The lowest BCUT2D eigenvalue weighted by Gasteiger charge is -1.98. The summed E-state index contributed by atoms with van der Waals surface area (Å²) in [6.07, 6.45) is 1.28. The zero-order valence-electron chi connectivity index (χ0n) is 8.99. The lowest BCUT2D eigenvalue weighted by Crippen LogP contribution is -2.35. The first-order valence-corrected chi connectivity index (χ1v) is 4.33. The fraction of sp³-hybridized carbons (Fsp3) is 0.222. The number of aryl methyl sites for hydroxylation is 2. The second kappa shape index (κ2) is 5.86. The highest BCUT2D eigenvalue weighted by molar-refractivity contribution is 7.05. The topological polar surface area (TPSA) is 104 Å². The van der Waals surface area contributed by atoms with Crippen LogP contribution in [0.5, 0.6) is 0 Å². The summed E-state index contributed by atoms with van der Waals surface area (Å²) >= 11 is 0. The first kappa shape index (κ1) is 13.2. The normalized spacial score (nSPS) is 8.38. The molecule has 1 aromatic heterocycles. The van der Waals surface area contributed by atoms with Crippen molar-refractivity contribution in [1.29, 1.82) is 21.0 Å². The van der Waals surface area contributed by atoms with Gasteiger partial charge in [0.15, 0.2) is 13.2 Å². The summed E-state index contributed by atoms with van der Waals surface area (Å²) in [4.78, 5) is 0. The lowest BCUT2D eigenvalue weighted by molar-refractivity contribution is -0.751. The van der Waals surface area contributed by atoms with E-state index in [9.17, 15) is 0 Å². The van der Waals surface area contributed by atoms with Gasteiger partial charge in [-0.3, -0.25) is 0 Å². The molecule has 0 amide bonds. The Kier molecular flexibility index (Phi) is 4.85. The van der Waals surface area contributed by atoms with E-state index in [1.165, 1.54) is 23.9 Å². The van der Waals surface area contributed by atoms with Crippen molar-refractivity contribution in [2.45, 2.75) is 0 Å². The third kappa shape index (κ3) is 3.18. The fourth-order valence-electron chi connectivity index (χ4n) is 0.671. The smallest absolute Gasteiger partial charge is 0.245 e. The van der Waals surface area contributed by atoms with Crippen molar-refractivity contribution in [2.24, 2.45) is 14.1 Å². The Bertz CT molecular complexity index is 440. The number of rotatable bonds is 0.